The van der Waals surface area contributed by atoms with Gasteiger partial charge in [0.05, 0.1) is 7.11 Å². The molecule has 0 atom stereocenters. The van der Waals surface area contributed by atoms with Crippen molar-refractivity contribution in [3.63, 3.8) is 0 Å². The standard InChI is InChI=1S/C16H27N3O/c1-20-16-7-3-2-6-15(16)14-19-11-5-10-18(12-13-19)9-4-8-17/h2-3,6-7H,4-5,8-14,17H2,1H3. The average Bonchev–Trinajstić information content (AvgIpc) is 2.71. The van der Waals surface area contributed by atoms with E-state index in [0.29, 0.717) is 0 Å². The van der Waals surface area contributed by atoms with E-state index in [2.05, 4.69) is 21.9 Å². The fraction of sp³-hybridized carbons (Fsp3) is 0.625. The van der Waals surface area contributed by atoms with Crippen molar-refractivity contribution in [1.29, 1.82) is 0 Å². The van der Waals surface area contributed by atoms with Crippen molar-refractivity contribution in [3.8, 4) is 5.75 Å². The number of ether oxygens (including phenoxy) is 1. The molecule has 0 aliphatic carbocycles. The molecule has 0 spiro atoms. The number of nitrogens with two attached hydrogens (primary N) is 1. The maximum absolute atomic E-state index is 5.60. The van der Waals surface area contributed by atoms with Gasteiger partial charge in [0.2, 0.25) is 0 Å². The lowest BCUT2D eigenvalue weighted by Gasteiger charge is -2.22. The summed E-state index contributed by atoms with van der Waals surface area (Å²) in [6.07, 6.45) is 2.34. The van der Waals surface area contributed by atoms with E-state index in [1.165, 1.54) is 18.5 Å². The number of para-hydroxylation sites is 1. The minimum Gasteiger partial charge on any atom is -0.496 e. The van der Waals surface area contributed by atoms with Gasteiger partial charge in [-0.15, -0.1) is 0 Å². The van der Waals surface area contributed by atoms with Crippen molar-refractivity contribution in [1.82, 2.24) is 9.80 Å². The number of hydrogen-bond acceptors (Lipinski definition) is 4. The summed E-state index contributed by atoms with van der Waals surface area (Å²) in [5.74, 6) is 0.997. The van der Waals surface area contributed by atoms with E-state index in [9.17, 15) is 0 Å². The molecule has 1 heterocycles. The van der Waals surface area contributed by atoms with Gasteiger partial charge in [0, 0.05) is 25.2 Å². The lowest BCUT2D eigenvalue weighted by atomic mass is 10.2. The van der Waals surface area contributed by atoms with Gasteiger partial charge in [0.25, 0.3) is 0 Å². The number of hydrogen-bond donors (Lipinski definition) is 1. The second-order valence-corrected chi connectivity index (χ2v) is 5.43. The second-order valence-electron chi connectivity index (χ2n) is 5.43. The summed E-state index contributed by atoms with van der Waals surface area (Å²) in [5.41, 5.74) is 6.88. The molecule has 112 valence electrons. The molecule has 0 unspecified atom stereocenters. The van der Waals surface area contributed by atoms with Crippen molar-refractivity contribution >= 4 is 0 Å². The molecule has 2 rings (SSSR count). The van der Waals surface area contributed by atoms with E-state index in [-0.39, 0.29) is 0 Å². The first-order valence-electron chi connectivity index (χ1n) is 7.60. The Hall–Kier alpha value is -1.10. The zero-order valence-corrected chi connectivity index (χ0v) is 12.6. The van der Waals surface area contributed by atoms with Crippen molar-refractivity contribution in [2.45, 2.75) is 19.4 Å². The molecule has 0 radical (unpaired) electrons. The quantitative estimate of drug-likeness (QED) is 0.856. The normalized spacial score (nSPS) is 17.9. The predicted molar refractivity (Wildman–Crippen MR) is 83.0 cm³/mol. The Bertz CT molecular complexity index is 397. The predicted octanol–water partition coefficient (Wildman–Crippen LogP) is 1.55. The van der Waals surface area contributed by atoms with Gasteiger partial charge in [-0.3, -0.25) is 4.90 Å². The van der Waals surface area contributed by atoms with Gasteiger partial charge in [0.15, 0.2) is 0 Å². The largest absolute Gasteiger partial charge is 0.496 e. The number of rotatable bonds is 6. The monoisotopic (exact) mass is 277 g/mol. The summed E-state index contributed by atoms with van der Waals surface area (Å²) in [4.78, 5) is 5.06. The van der Waals surface area contributed by atoms with E-state index in [0.717, 1.165) is 51.4 Å². The molecule has 1 aliphatic rings. The smallest absolute Gasteiger partial charge is 0.123 e. The van der Waals surface area contributed by atoms with Gasteiger partial charge in [-0.25, -0.2) is 0 Å². The summed E-state index contributed by atoms with van der Waals surface area (Å²) in [6, 6.07) is 8.32. The van der Waals surface area contributed by atoms with Crippen LogP contribution in [0, 0.1) is 0 Å². The highest BCUT2D eigenvalue weighted by atomic mass is 16.5. The van der Waals surface area contributed by atoms with Crippen LogP contribution >= 0.6 is 0 Å². The Kier molecular flexibility index (Phi) is 6.30. The lowest BCUT2D eigenvalue weighted by Crippen LogP contribution is -2.31. The molecule has 20 heavy (non-hydrogen) atoms. The minimum atomic E-state index is 0.793. The van der Waals surface area contributed by atoms with Crippen LogP contribution in [0.15, 0.2) is 24.3 Å². The Morgan fingerprint density at radius 2 is 1.85 bits per heavy atom. The highest BCUT2D eigenvalue weighted by molar-refractivity contribution is 5.33. The highest BCUT2D eigenvalue weighted by Crippen LogP contribution is 2.19. The van der Waals surface area contributed by atoms with Crippen LogP contribution in [0.2, 0.25) is 0 Å². The molecule has 1 aromatic carbocycles. The summed E-state index contributed by atoms with van der Waals surface area (Å²) in [5, 5.41) is 0. The topological polar surface area (TPSA) is 41.7 Å². The summed E-state index contributed by atoms with van der Waals surface area (Å²) in [6.45, 7) is 7.55. The zero-order chi connectivity index (χ0) is 14.2. The van der Waals surface area contributed by atoms with Crippen LogP contribution < -0.4 is 10.5 Å². The molecular formula is C16H27N3O. The van der Waals surface area contributed by atoms with E-state index in [1.807, 2.05) is 12.1 Å². The number of benzene rings is 1. The SMILES string of the molecule is COc1ccccc1CN1CCCN(CCCN)CC1. The van der Waals surface area contributed by atoms with Gasteiger partial charge in [0.1, 0.15) is 5.75 Å². The molecule has 4 heteroatoms. The molecule has 0 amide bonds. The molecule has 4 nitrogen and oxygen atoms in total. The first-order valence-corrected chi connectivity index (χ1v) is 7.60. The van der Waals surface area contributed by atoms with Crippen LogP contribution in [0.25, 0.3) is 0 Å². The Morgan fingerprint density at radius 3 is 2.65 bits per heavy atom. The molecule has 2 N–H and O–H groups in total. The maximum atomic E-state index is 5.60. The molecule has 0 saturated carbocycles. The number of nitrogens with zero attached hydrogens (tertiary/aromatic N) is 2. The van der Waals surface area contributed by atoms with Gasteiger partial charge in [-0.2, -0.15) is 0 Å². The van der Waals surface area contributed by atoms with Crippen LogP contribution in [0.4, 0.5) is 0 Å². The minimum absolute atomic E-state index is 0.793. The molecule has 1 aliphatic heterocycles. The molecule has 1 saturated heterocycles. The Morgan fingerprint density at radius 1 is 1.10 bits per heavy atom. The second kappa shape index (κ2) is 8.25. The van der Waals surface area contributed by atoms with Crippen LogP contribution in [0.3, 0.4) is 0 Å². The molecule has 0 bridgehead atoms. The molecular weight excluding hydrogens is 250 g/mol. The summed E-state index contributed by atoms with van der Waals surface area (Å²) >= 11 is 0. The van der Waals surface area contributed by atoms with Gasteiger partial charge >= 0.3 is 0 Å². The Balaban J connectivity index is 1.87. The third kappa shape index (κ3) is 4.47. The van der Waals surface area contributed by atoms with Crippen molar-refractivity contribution in [3.05, 3.63) is 29.8 Å². The first-order chi connectivity index (χ1) is 9.83. The molecule has 0 aromatic heterocycles. The average molecular weight is 277 g/mol. The number of methoxy groups -OCH3 is 1. The van der Waals surface area contributed by atoms with Crippen LogP contribution in [0.5, 0.6) is 5.75 Å². The third-order valence-corrected chi connectivity index (χ3v) is 3.95. The van der Waals surface area contributed by atoms with Crippen LogP contribution in [-0.2, 0) is 6.54 Å². The zero-order valence-electron chi connectivity index (χ0n) is 12.6. The van der Waals surface area contributed by atoms with E-state index < -0.39 is 0 Å². The fourth-order valence-electron chi connectivity index (χ4n) is 2.80. The molecule has 1 fully saturated rings. The lowest BCUT2D eigenvalue weighted by molar-refractivity contribution is 0.248. The molecule has 1 aromatic rings. The van der Waals surface area contributed by atoms with Gasteiger partial charge in [-0.1, -0.05) is 18.2 Å². The van der Waals surface area contributed by atoms with E-state index in [1.54, 1.807) is 7.11 Å². The summed E-state index contributed by atoms with van der Waals surface area (Å²) in [7, 11) is 1.75. The van der Waals surface area contributed by atoms with Gasteiger partial charge < -0.3 is 15.4 Å². The van der Waals surface area contributed by atoms with E-state index in [4.69, 9.17) is 10.5 Å². The van der Waals surface area contributed by atoms with Crippen molar-refractivity contribution in [2.24, 2.45) is 5.73 Å². The van der Waals surface area contributed by atoms with Crippen molar-refractivity contribution in [2.75, 3.05) is 46.4 Å². The van der Waals surface area contributed by atoms with Crippen molar-refractivity contribution < 1.29 is 4.74 Å². The summed E-state index contributed by atoms with van der Waals surface area (Å²) < 4.78 is 5.44. The van der Waals surface area contributed by atoms with E-state index >= 15 is 0 Å². The van der Waals surface area contributed by atoms with Gasteiger partial charge in [-0.05, 0) is 45.1 Å². The highest BCUT2D eigenvalue weighted by Gasteiger charge is 2.15. The maximum Gasteiger partial charge on any atom is 0.123 e. The Labute approximate surface area is 122 Å². The van der Waals surface area contributed by atoms with Crippen LogP contribution in [-0.4, -0.2) is 56.2 Å². The van der Waals surface area contributed by atoms with Crippen LogP contribution in [0.1, 0.15) is 18.4 Å². The third-order valence-electron chi connectivity index (χ3n) is 3.95. The first kappa shape index (κ1) is 15.3. The fourth-order valence-corrected chi connectivity index (χ4v) is 2.80.